The predicted molar refractivity (Wildman–Crippen MR) is 108 cm³/mol. The normalized spacial score (nSPS) is 10.3. The van der Waals surface area contributed by atoms with Crippen LogP contribution in [0.15, 0.2) is 72.8 Å². The number of carbonyl (C=O) groups excluding carboxylic acids is 2. The summed E-state index contributed by atoms with van der Waals surface area (Å²) in [4.78, 5) is 24.0. The quantitative estimate of drug-likeness (QED) is 0.562. The lowest BCUT2D eigenvalue weighted by atomic mass is 10.1. The van der Waals surface area contributed by atoms with Crippen LogP contribution in [0.2, 0.25) is 5.02 Å². The molecule has 0 radical (unpaired) electrons. The molecule has 3 rings (SSSR count). The highest BCUT2D eigenvalue weighted by Gasteiger charge is 2.11. The topological polar surface area (TPSA) is 64.6 Å². The van der Waals surface area contributed by atoms with Crippen LogP contribution in [0.5, 0.6) is 5.75 Å². The van der Waals surface area contributed by atoms with Gasteiger partial charge >= 0.3 is 5.97 Å². The fourth-order valence-electron chi connectivity index (χ4n) is 2.41. The molecule has 5 nitrogen and oxygen atoms in total. The van der Waals surface area contributed by atoms with E-state index in [-0.39, 0.29) is 5.02 Å². The number of benzene rings is 3. The van der Waals surface area contributed by atoms with Crippen molar-refractivity contribution in [3.8, 4) is 5.75 Å². The van der Waals surface area contributed by atoms with E-state index in [0.29, 0.717) is 17.9 Å². The average molecular weight is 414 g/mol. The molecular weight excluding hydrogens is 397 g/mol. The summed E-state index contributed by atoms with van der Waals surface area (Å²) in [5, 5.41) is 2.36. The van der Waals surface area contributed by atoms with Crippen LogP contribution in [-0.4, -0.2) is 18.5 Å². The molecule has 148 valence electrons. The molecule has 0 aliphatic rings. The van der Waals surface area contributed by atoms with Gasteiger partial charge in [-0.2, -0.15) is 0 Å². The zero-order valence-electron chi connectivity index (χ0n) is 15.2. The van der Waals surface area contributed by atoms with Gasteiger partial charge in [-0.3, -0.25) is 4.79 Å². The molecule has 0 fully saturated rings. The highest BCUT2D eigenvalue weighted by Crippen LogP contribution is 2.19. The number of rotatable bonds is 7. The maximum atomic E-state index is 13.1. The van der Waals surface area contributed by atoms with Crippen molar-refractivity contribution >= 4 is 29.2 Å². The molecule has 0 spiro atoms. The van der Waals surface area contributed by atoms with Crippen LogP contribution in [0.1, 0.15) is 15.9 Å². The van der Waals surface area contributed by atoms with Gasteiger partial charge in [0, 0.05) is 5.69 Å². The molecule has 0 saturated carbocycles. The molecule has 7 heteroatoms. The van der Waals surface area contributed by atoms with Crippen molar-refractivity contribution < 1.29 is 23.5 Å². The van der Waals surface area contributed by atoms with Gasteiger partial charge in [-0.1, -0.05) is 41.9 Å². The second-order valence-electron chi connectivity index (χ2n) is 6.05. The number of hydrogen-bond donors (Lipinski definition) is 1. The number of halogens is 2. The molecule has 0 atom stereocenters. The number of hydrogen-bond acceptors (Lipinski definition) is 4. The maximum Gasteiger partial charge on any atom is 0.338 e. The second kappa shape index (κ2) is 9.71. The highest BCUT2D eigenvalue weighted by atomic mass is 35.5. The van der Waals surface area contributed by atoms with E-state index in [4.69, 9.17) is 21.1 Å². The van der Waals surface area contributed by atoms with Gasteiger partial charge in [-0.25, -0.2) is 9.18 Å². The maximum absolute atomic E-state index is 13.1. The monoisotopic (exact) mass is 413 g/mol. The van der Waals surface area contributed by atoms with E-state index in [1.54, 1.807) is 24.3 Å². The van der Waals surface area contributed by atoms with Crippen molar-refractivity contribution in [2.75, 3.05) is 11.9 Å². The lowest BCUT2D eigenvalue weighted by molar-refractivity contribution is -0.119. The first kappa shape index (κ1) is 20.4. The molecule has 0 bridgehead atoms. The molecule has 3 aromatic carbocycles. The molecule has 1 amide bonds. The third-order valence-electron chi connectivity index (χ3n) is 3.88. The van der Waals surface area contributed by atoms with Crippen molar-refractivity contribution in [1.29, 1.82) is 0 Å². The van der Waals surface area contributed by atoms with Crippen LogP contribution in [0.25, 0.3) is 0 Å². The van der Waals surface area contributed by atoms with Gasteiger partial charge in [0.1, 0.15) is 18.2 Å². The summed E-state index contributed by atoms with van der Waals surface area (Å²) in [6.07, 6.45) is 0. The number of para-hydroxylation sites is 1. The van der Waals surface area contributed by atoms with Gasteiger partial charge < -0.3 is 14.8 Å². The minimum absolute atomic E-state index is 0.115. The molecule has 0 saturated heterocycles. The Hall–Kier alpha value is -3.38. The molecular formula is C22H17ClFNO4. The standard InChI is InChI=1S/C22H17ClFNO4/c23-19-12-17(10-11-20(19)24)25-21(26)14-29-22(27)16-8-6-15(7-9-16)13-28-18-4-2-1-3-5-18/h1-12H,13-14H2,(H,25,26). The summed E-state index contributed by atoms with van der Waals surface area (Å²) in [6.45, 7) is -0.116. The van der Waals surface area contributed by atoms with Gasteiger partial charge in [-0.05, 0) is 48.0 Å². The Morgan fingerprint density at radius 1 is 0.966 bits per heavy atom. The van der Waals surface area contributed by atoms with Crippen molar-refractivity contribution in [2.45, 2.75) is 6.61 Å². The Morgan fingerprint density at radius 2 is 1.69 bits per heavy atom. The zero-order valence-corrected chi connectivity index (χ0v) is 16.0. The summed E-state index contributed by atoms with van der Waals surface area (Å²) in [5.41, 5.74) is 1.50. The molecule has 0 aliphatic carbocycles. The lowest BCUT2D eigenvalue weighted by Gasteiger charge is -2.08. The van der Waals surface area contributed by atoms with E-state index in [1.165, 1.54) is 12.1 Å². The largest absolute Gasteiger partial charge is 0.489 e. The van der Waals surface area contributed by atoms with Crippen LogP contribution < -0.4 is 10.1 Å². The third-order valence-corrected chi connectivity index (χ3v) is 4.17. The minimum Gasteiger partial charge on any atom is -0.489 e. The molecule has 0 unspecified atom stereocenters. The molecule has 0 aromatic heterocycles. The van der Waals surface area contributed by atoms with Gasteiger partial charge in [0.25, 0.3) is 5.91 Å². The number of amides is 1. The summed E-state index contributed by atoms with van der Waals surface area (Å²) < 4.78 is 23.8. The first-order valence-corrected chi connectivity index (χ1v) is 9.08. The minimum atomic E-state index is -0.632. The third kappa shape index (κ3) is 6.05. The van der Waals surface area contributed by atoms with Crippen LogP contribution >= 0.6 is 11.6 Å². The molecule has 1 N–H and O–H groups in total. The Labute approximate surface area is 172 Å². The van der Waals surface area contributed by atoms with Crippen molar-refractivity contribution in [3.05, 3.63) is 94.8 Å². The van der Waals surface area contributed by atoms with E-state index in [9.17, 15) is 14.0 Å². The van der Waals surface area contributed by atoms with Crippen LogP contribution in [-0.2, 0) is 16.1 Å². The Bertz CT molecular complexity index is 993. The number of nitrogens with one attached hydrogen (secondary N) is 1. The van der Waals surface area contributed by atoms with E-state index < -0.39 is 24.3 Å². The fraction of sp³-hybridized carbons (Fsp3) is 0.0909. The summed E-state index contributed by atoms with van der Waals surface area (Å²) in [6, 6.07) is 19.9. The van der Waals surface area contributed by atoms with Gasteiger partial charge in [0.15, 0.2) is 6.61 Å². The molecule has 29 heavy (non-hydrogen) atoms. The number of anilines is 1. The van der Waals surface area contributed by atoms with Gasteiger partial charge in [0.2, 0.25) is 0 Å². The molecule has 0 aliphatic heterocycles. The average Bonchev–Trinajstić information content (AvgIpc) is 2.74. The first-order valence-electron chi connectivity index (χ1n) is 8.70. The molecule has 0 heterocycles. The smallest absolute Gasteiger partial charge is 0.338 e. The van der Waals surface area contributed by atoms with E-state index in [0.717, 1.165) is 17.4 Å². The van der Waals surface area contributed by atoms with E-state index in [1.807, 2.05) is 30.3 Å². The van der Waals surface area contributed by atoms with Gasteiger partial charge in [-0.15, -0.1) is 0 Å². The van der Waals surface area contributed by atoms with E-state index >= 15 is 0 Å². The van der Waals surface area contributed by atoms with E-state index in [2.05, 4.69) is 5.32 Å². The zero-order chi connectivity index (χ0) is 20.6. The lowest BCUT2D eigenvalue weighted by Crippen LogP contribution is -2.21. The van der Waals surface area contributed by atoms with Crippen molar-refractivity contribution in [1.82, 2.24) is 0 Å². The Kier molecular flexibility index (Phi) is 6.81. The van der Waals surface area contributed by atoms with Gasteiger partial charge in [0.05, 0.1) is 10.6 Å². The predicted octanol–water partition coefficient (Wildman–Crippen LogP) is 4.85. The Balaban J connectivity index is 1.47. The Morgan fingerprint density at radius 3 is 2.38 bits per heavy atom. The van der Waals surface area contributed by atoms with Crippen molar-refractivity contribution in [3.63, 3.8) is 0 Å². The molecule has 3 aromatic rings. The SMILES string of the molecule is O=C(COC(=O)c1ccc(COc2ccccc2)cc1)Nc1ccc(F)c(Cl)c1. The first-order chi connectivity index (χ1) is 14.0. The number of ether oxygens (including phenoxy) is 2. The summed E-state index contributed by atoms with van der Waals surface area (Å²) in [5.74, 6) is -1.03. The van der Waals surface area contributed by atoms with Crippen LogP contribution in [0.4, 0.5) is 10.1 Å². The summed E-state index contributed by atoms with van der Waals surface area (Å²) >= 11 is 5.65. The van der Waals surface area contributed by atoms with Crippen LogP contribution in [0, 0.1) is 5.82 Å². The highest BCUT2D eigenvalue weighted by molar-refractivity contribution is 6.31. The van der Waals surface area contributed by atoms with Crippen molar-refractivity contribution in [2.24, 2.45) is 0 Å². The fourth-order valence-corrected chi connectivity index (χ4v) is 2.59. The summed E-state index contributed by atoms with van der Waals surface area (Å²) in [7, 11) is 0. The van der Waals surface area contributed by atoms with Crippen LogP contribution in [0.3, 0.4) is 0 Å². The number of carbonyl (C=O) groups is 2. The second-order valence-corrected chi connectivity index (χ2v) is 6.46. The number of esters is 1.